The van der Waals surface area contributed by atoms with Crippen LogP contribution in [0.25, 0.3) is 23.1 Å². The molecule has 46 heavy (non-hydrogen) atoms. The van der Waals surface area contributed by atoms with Gasteiger partial charge in [0.2, 0.25) is 0 Å². The monoisotopic (exact) mass is 653 g/mol. The third-order valence-electron chi connectivity index (χ3n) is 7.62. The number of furan rings is 1. The summed E-state index contributed by atoms with van der Waals surface area (Å²) in [6.07, 6.45) is 1.59. The maximum absolute atomic E-state index is 14.2. The first-order valence-electron chi connectivity index (χ1n) is 14.6. The van der Waals surface area contributed by atoms with Crippen molar-refractivity contribution in [1.82, 2.24) is 4.57 Å². The molecule has 0 amide bonds. The molecule has 6 rings (SSSR count). The van der Waals surface area contributed by atoms with Crippen LogP contribution in [0, 0.1) is 10.1 Å². The van der Waals surface area contributed by atoms with E-state index in [1.807, 2.05) is 54.6 Å². The van der Waals surface area contributed by atoms with Crippen LogP contribution in [0.5, 0.6) is 0 Å². The fraction of sp³-hybridized carbons (Fsp3) is 0.171. The molecule has 2 aromatic heterocycles. The van der Waals surface area contributed by atoms with E-state index in [0.717, 1.165) is 16.7 Å². The van der Waals surface area contributed by atoms with Gasteiger partial charge in [0.15, 0.2) is 4.80 Å². The van der Waals surface area contributed by atoms with E-state index >= 15 is 0 Å². The van der Waals surface area contributed by atoms with Gasteiger partial charge in [-0.25, -0.2) is 9.79 Å². The van der Waals surface area contributed by atoms with E-state index in [1.165, 1.54) is 34.1 Å². The SMILES string of the molecule is CCOC(=O)C1=C(c2ccccc2)N=c2s/c(=C\c3ccc(-c4cc([N+](=O)[O-])ccc4Cl)o3)c(=O)n2[C@@H]1c1ccc(C(C)C)cc1. The number of thiazole rings is 1. The second-order valence-electron chi connectivity index (χ2n) is 10.9. The Morgan fingerprint density at radius 3 is 2.52 bits per heavy atom. The Bertz CT molecular complexity index is 2180. The molecule has 0 spiro atoms. The van der Waals surface area contributed by atoms with E-state index in [-0.39, 0.29) is 28.4 Å². The normalized spacial score (nSPS) is 14.7. The van der Waals surface area contributed by atoms with Crippen LogP contribution in [-0.4, -0.2) is 22.1 Å². The Morgan fingerprint density at radius 2 is 1.85 bits per heavy atom. The summed E-state index contributed by atoms with van der Waals surface area (Å²) in [4.78, 5) is 43.9. The molecule has 0 unspecified atom stereocenters. The van der Waals surface area contributed by atoms with Crippen LogP contribution < -0.4 is 14.9 Å². The molecule has 0 saturated carbocycles. The maximum Gasteiger partial charge on any atom is 0.338 e. The number of carbonyl (C=O) groups is 1. The molecule has 0 saturated heterocycles. The molecule has 1 aliphatic rings. The minimum absolute atomic E-state index is 0.126. The second-order valence-corrected chi connectivity index (χ2v) is 12.3. The number of ether oxygens (including phenoxy) is 1. The van der Waals surface area contributed by atoms with Crippen LogP contribution in [0.1, 0.15) is 55.2 Å². The zero-order valence-corrected chi connectivity index (χ0v) is 26.7. The highest BCUT2D eigenvalue weighted by Gasteiger charge is 2.35. The Balaban J connectivity index is 1.54. The van der Waals surface area contributed by atoms with Gasteiger partial charge in [-0.05, 0) is 42.2 Å². The molecule has 232 valence electrons. The molecule has 3 aromatic carbocycles. The van der Waals surface area contributed by atoms with Gasteiger partial charge in [0, 0.05) is 29.3 Å². The molecule has 0 N–H and O–H groups in total. The van der Waals surface area contributed by atoms with Crippen molar-refractivity contribution in [3.05, 3.63) is 148 Å². The van der Waals surface area contributed by atoms with E-state index in [1.54, 1.807) is 25.1 Å². The highest BCUT2D eigenvalue weighted by molar-refractivity contribution is 7.07. The lowest BCUT2D eigenvalue weighted by atomic mass is 9.91. The summed E-state index contributed by atoms with van der Waals surface area (Å²) in [6.45, 7) is 6.09. The van der Waals surface area contributed by atoms with Crippen LogP contribution in [0.15, 0.2) is 105 Å². The summed E-state index contributed by atoms with van der Waals surface area (Å²) >= 11 is 7.50. The van der Waals surface area contributed by atoms with Crippen LogP contribution in [0.3, 0.4) is 0 Å². The first-order chi connectivity index (χ1) is 22.2. The average molecular weight is 654 g/mol. The lowest BCUT2D eigenvalue weighted by Crippen LogP contribution is -2.40. The Kier molecular flexibility index (Phi) is 8.57. The van der Waals surface area contributed by atoms with Crippen LogP contribution in [0.4, 0.5) is 5.69 Å². The van der Waals surface area contributed by atoms with Crippen LogP contribution in [0.2, 0.25) is 5.02 Å². The molecule has 3 heterocycles. The number of nitro groups is 1. The third kappa shape index (κ3) is 5.84. The largest absolute Gasteiger partial charge is 0.463 e. The number of nitro benzene ring substituents is 1. The first-order valence-corrected chi connectivity index (χ1v) is 15.8. The fourth-order valence-electron chi connectivity index (χ4n) is 5.34. The number of nitrogens with zero attached hydrogens (tertiary/aromatic N) is 3. The molecule has 1 atom stereocenters. The van der Waals surface area contributed by atoms with Crippen molar-refractivity contribution in [3.8, 4) is 11.3 Å². The number of non-ortho nitro benzene ring substituents is 1. The molecule has 0 aliphatic carbocycles. The lowest BCUT2D eigenvalue weighted by Gasteiger charge is -2.26. The fourth-order valence-corrected chi connectivity index (χ4v) is 6.53. The van der Waals surface area contributed by atoms with Crippen molar-refractivity contribution in [3.63, 3.8) is 0 Å². The van der Waals surface area contributed by atoms with E-state index in [9.17, 15) is 19.7 Å². The molecular weight excluding hydrogens is 626 g/mol. The number of halogens is 1. The number of esters is 1. The summed E-state index contributed by atoms with van der Waals surface area (Å²) in [7, 11) is 0. The molecule has 1 aliphatic heterocycles. The van der Waals surface area contributed by atoms with Crippen LogP contribution in [-0.2, 0) is 9.53 Å². The van der Waals surface area contributed by atoms with Gasteiger partial charge in [-0.2, -0.15) is 0 Å². The van der Waals surface area contributed by atoms with Gasteiger partial charge in [0.25, 0.3) is 11.2 Å². The Labute approximate surface area is 272 Å². The molecule has 11 heteroatoms. The highest BCUT2D eigenvalue weighted by atomic mass is 35.5. The standard InChI is InChI=1S/C35H28ClN3O6S/c1-4-44-34(41)30-31(22-8-6-5-7-9-22)37-35-38(32(30)23-12-10-21(11-13-23)20(2)3)33(40)29(46-35)19-25-15-17-28(45-25)26-18-24(39(42)43)14-16-27(26)36/h5-20,32H,4H2,1-3H3/b29-19-/t32-/m1/s1. The summed E-state index contributed by atoms with van der Waals surface area (Å²) in [5, 5.41) is 11.6. The topological polar surface area (TPSA) is 117 Å². The van der Waals surface area contributed by atoms with E-state index in [2.05, 4.69) is 13.8 Å². The van der Waals surface area contributed by atoms with Crippen LogP contribution >= 0.6 is 22.9 Å². The molecular formula is C35H28ClN3O6S. The van der Waals surface area contributed by atoms with Gasteiger partial charge in [0.1, 0.15) is 11.5 Å². The minimum atomic E-state index is -0.801. The van der Waals surface area contributed by atoms with Gasteiger partial charge in [-0.15, -0.1) is 0 Å². The quantitative estimate of drug-likeness (QED) is 0.102. The third-order valence-corrected chi connectivity index (χ3v) is 8.93. The smallest absolute Gasteiger partial charge is 0.338 e. The average Bonchev–Trinajstić information content (AvgIpc) is 3.64. The van der Waals surface area contributed by atoms with Crippen molar-refractivity contribution in [2.45, 2.75) is 32.7 Å². The number of aromatic nitrogens is 1. The Morgan fingerprint density at radius 1 is 1.11 bits per heavy atom. The summed E-state index contributed by atoms with van der Waals surface area (Å²) in [5.74, 6) is 0.397. The van der Waals surface area contributed by atoms with E-state index < -0.39 is 16.9 Å². The van der Waals surface area contributed by atoms with Crippen molar-refractivity contribution < 1.29 is 18.9 Å². The molecule has 9 nitrogen and oxygen atoms in total. The van der Waals surface area contributed by atoms with Crippen molar-refractivity contribution >= 4 is 46.4 Å². The number of fused-ring (bicyclic) bond motifs is 1. The number of hydrogen-bond donors (Lipinski definition) is 0. The van der Waals surface area contributed by atoms with Gasteiger partial charge < -0.3 is 9.15 Å². The van der Waals surface area contributed by atoms with Gasteiger partial charge in [-0.3, -0.25) is 19.5 Å². The van der Waals surface area contributed by atoms with E-state index in [4.69, 9.17) is 25.7 Å². The molecule has 0 bridgehead atoms. The lowest BCUT2D eigenvalue weighted by molar-refractivity contribution is -0.384. The number of carbonyl (C=O) groups excluding carboxylic acids is 1. The van der Waals surface area contributed by atoms with Crippen molar-refractivity contribution in [1.29, 1.82) is 0 Å². The second kappa shape index (κ2) is 12.7. The van der Waals surface area contributed by atoms with E-state index in [0.29, 0.717) is 38.0 Å². The summed E-state index contributed by atoms with van der Waals surface area (Å²) in [6, 6.07) is 23.8. The summed E-state index contributed by atoms with van der Waals surface area (Å²) in [5.41, 5.74) is 3.16. The molecule has 0 radical (unpaired) electrons. The zero-order chi connectivity index (χ0) is 32.5. The van der Waals surface area contributed by atoms with Crippen molar-refractivity contribution in [2.75, 3.05) is 6.61 Å². The zero-order valence-electron chi connectivity index (χ0n) is 25.1. The van der Waals surface area contributed by atoms with Gasteiger partial charge in [-0.1, -0.05) is 91.4 Å². The first kappa shape index (κ1) is 30.9. The number of hydrogen-bond acceptors (Lipinski definition) is 8. The molecule has 5 aromatic rings. The molecule has 0 fully saturated rings. The minimum Gasteiger partial charge on any atom is -0.463 e. The Hall–Kier alpha value is -5.06. The highest BCUT2D eigenvalue weighted by Crippen LogP contribution is 2.36. The maximum atomic E-state index is 14.2. The van der Waals surface area contributed by atoms with Gasteiger partial charge in [0.05, 0.1) is 38.4 Å². The predicted octanol–water partition coefficient (Wildman–Crippen LogP) is 6.88. The predicted molar refractivity (Wildman–Crippen MR) is 177 cm³/mol. The number of benzene rings is 3. The van der Waals surface area contributed by atoms with Crippen molar-refractivity contribution in [2.24, 2.45) is 4.99 Å². The number of rotatable bonds is 8. The summed E-state index contributed by atoms with van der Waals surface area (Å²) < 4.78 is 13.4. The van der Waals surface area contributed by atoms with Gasteiger partial charge >= 0.3 is 5.97 Å².